The summed E-state index contributed by atoms with van der Waals surface area (Å²) >= 11 is 0. The van der Waals surface area contributed by atoms with Crippen molar-refractivity contribution >= 4 is 6.98 Å². The molecule has 0 heterocycles. The van der Waals surface area contributed by atoms with Gasteiger partial charge in [-0.3, -0.25) is 0 Å². The van der Waals surface area contributed by atoms with Crippen LogP contribution in [0.1, 0.15) is 26.7 Å². The van der Waals surface area contributed by atoms with Crippen LogP contribution >= 0.6 is 0 Å². The molecule has 4 heteroatoms. The van der Waals surface area contributed by atoms with E-state index in [1.54, 1.807) is 0 Å². The molecule has 0 aromatic heterocycles. The van der Waals surface area contributed by atoms with Gasteiger partial charge in [-0.1, -0.05) is 13.8 Å². The van der Waals surface area contributed by atoms with Crippen LogP contribution < -0.4 is 0 Å². The van der Waals surface area contributed by atoms with Crippen LogP contribution in [0.25, 0.3) is 0 Å². The van der Waals surface area contributed by atoms with Gasteiger partial charge in [-0.25, -0.2) is 0 Å². The standard InChI is InChI=1S/C7H13BF3/c1-3-7(4-2)5-6-8(9,10)11/h5-7H,3-4H2,1-2H3/q-1/b6-5+. The van der Waals surface area contributed by atoms with Crippen molar-refractivity contribution in [3.05, 3.63) is 12.1 Å². The first kappa shape index (κ1) is 10.6. The van der Waals surface area contributed by atoms with Gasteiger partial charge in [-0.15, -0.1) is 12.1 Å². The summed E-state index contributed by atoms with van der Waals surface area (Å²) in [6.07, 6.45) is 2.82. The van der Waals surface area contributed by atoms with E-state index in [4.69, 9.17) is 0 Å². The van der Waals surface area contributed by atoms with E-state index in [1.807, 2.05) is 13.8 Å². The van der Waals surface area contributed by atoms with Gasteiger partial charge in [0.25, 0.3) is 0 Å². The van der Waals surface area contributed by atoms with Crippen LogP contribution in [-0.4, -0.2) is 6.98 Å². The number of halogens is 3. The van der Waals surface area contributed by atoms with Crippen LogP contribution in [0, 0.1) is 5.92 Å². The van der Waals surface area contributed by atoms with E-state index < -0.39 is 6.98 Å². The summed E-state index contributed by atoms with van der Waals surface area (Å²) in [6, 6.07) is 0. The summed E-state index contributed by atoms with van der Waals surface area (Å²) in [5.41, 5.74) is 0. The van der Waals surface area contributed by atoms with Crippen LogP contribution in [-0.2, 0) is 0 Å². The lowest BCUT2D eigenvalue weighted by atomic mass is 9.88. The van der Waals surface area contributed by atoms with E-state index in [0.717, 1.165) is 12.8 Å². The second-order valence-electron chi connectivity index (χ2n) is 2.59. The molecule has 0 unspecified atom stereocenters. The van der Waals surface area contributed by atoms with Crippen molar-refractivity contribution in [1.29, 1.82) is 0 Å². The molecule has 0 aliphatic heterocycles. The zero-order valence-corrected chi connectivity index (χ0v) is 6.86. The summed E-state index contributed by atoms with van der Waals surface area (Å²) < 4.78 is 35.0. The van der Waals surface area contributed by atoms with Crippen LogP contribution in [0.5, 0.6) is 0 Å². The molecule has 0 saturated carbocycles. The lowest BCUT2D eigenvalue weighted by molar-refractivity contribution is 0.496. The van der Waals surface area contributed by atoms with E-state index in [9.17, 15) is 12.9 Å². The van der Waals surface area contributed by atoms with Crippen LogP contribution in [0.3, 0.4) is 0 Å². The first-order valence-corrected chi connectivity index (χ1v) is 3.89. The van der Waals surface area contributed by atoms with Gasteiger partial charge in [0.2, 0.25) is 0 Å². The molecule has 0 saturated heterocycles. The first-order chi connectivity index (χ1) is 4.99. The lowest BCUT2D eigenvalue weighted by Gasteiger charge is -2.10. The topological polar surface area (TPSA) is 0 Å². The molecule has 0 nitrogen and oxygen atoms in total. The molecule has 0 atom stereocenters. The van der Waals surface area contributed by atoms with Crippen LogP contribution in [0.15, 0.2) is 12.1 Å². The maximum Gasteiger partial charge on any atom is 0.502 e. The Kier molecular flexibility index (Phi) is 4.30. The van der Waals surface area contributed by atoms with Crippen molar-refractivity contribution in [2.24, 2.45) is 5.92 Å². The second-order valence-corrected chi connectivity index (χ2v) is 2.59. The lowest BCUT2D eigenvalue weighted by Crippen LogP contribution is -2.10. The largest absolute Gasteiger partial charge is 0.502 e. The third kappa shape index (κ3) is 6.01. The van der Waals surface area contributed by atoms with Gasteiger partial charge < -0.3 is 12.9 Å². The highest BCUT2D eigenvalue weighted by atomic mass is 19.4. The third-order valence-corrected chi connectivity index (χ3v) is 1.65. The molecule has 0 radical (unpaired) electrons. The molecule has 0 rings (SSSR count). The van der Waals surface area contributed by atoms with E-state index in [-0.39, 0.29) is 5.92 Å². The van der Waals surface area contributed by atoms with Crippen molar-refractivity contribution in [3.8, 4) is 0 Å². The highest BCUT2D eigenvalue weighted by Gasteiger charge is 2.17. The fourth-order valence-electron chi connectivity index (χ4n) is 0.844. The Morgan fingerprint density at radius 3 is 1.91 bits per heavy atom. The molecule has 0 aliphatic rings. The monoisotopic (exact) mass is 165 g/mol. The Morgan fingerprint density at radius 1 is 1.18 bits per heavy atom. The van der Waals surface area contributed by atoms with Crippen LogP contribution in [0.4, 0.5) is 12.9 Å². The number of hydrogen-bond donors (Lipinski definition) is 0. The van der Waals surface area contributed by atoms with Crippen molar-refractivity contribution < 1.29 is 12.9 Å². The maximum atomic E-state index is 11.7. The summed E-state index contributed by atoms with van der Waals surface area (Å²) in [7, 11) is 0. The van der Waals surface area contributed by atoms with Gasteiger partial charge >= 0.3 is 6.98 Å². The molecule has 0 N–H and O–H groups in total. The first-order valence-electron chi connectivity index (χ1n) is 3.89. The second kappa shape index (κ2) is 4.47. The molecule has 0 amide bonds. The molecule has 0 fully saturated rings. The average Bonchev–Trinajstić information content (AvgIpc) is 1.88. The molecule has 0 spiro atoms. The maximum absolute atomic E-state index is 11.7. The van der Waals surface area contributed by atoms with Gasteiger partial charge in [0.1, 0.15) is 0 Å². The Labute approximate surface area is 65.5 Å². The van der Waals surface area contributed by atoms with Gasteiger partial charge in [0.05, 0.1) is 0 Å². The average molecular weight is 165 g/mol. The zero-order chi connectivity index (χ0) is 8.91. The minimum absolute atomic E-state index is 0.0819. The van der Waals surface area contributed by atoms with Crippen molar-refractivity contribution in [2.45, 2.75) is 26.7 Å². The van der Waals surface area contributed by atoms with Gasteiger partial charge in [-0.05, 0) is 18.8 Å². The SMILES string of the molecule is CCC(/C=C/[B-](F)(F)F)CC. The number of hydrogen-bond acceptors (Lipinski definition) is 0. The summed E-state index contributed by atoms with van der Waals surface area (Å²) in [5.74, 6) is 0.469. The highest BCUT2D eigenvalue weighted by Crippen LogP contribution is 2.14. The molecule has 0 aromatic rings. The molecule has 11 heavy (non-hydrogen) atoms. The fraction of sp³-hybridized carbons (Fsp3) is 0.714. The Bertz CT molecular complexity index is 124. The van der Waals surface area contributed by atoms with E-state index in [2.05, 4.69) is 0 Å². The van der Waals surface area contributed by atoms with Crippen molar-refractivity contribution in [3.63, 3.8) is 0 Å². The predicted molar refractivity (Wildman–Crippen MR) is 42.3 cm³/mol. The number of allylic oxidation sites excluding steroid dienone is 1. The van der Waals surface area contributed by atoms with Gasteiger partial charge in [-0.2, -0.15) is 0 Å². The van der Waals surface area contributed by atoms with Crippen molar-refractivity contribution in [2.75, 3.05) is 0 Å². The smallest absolute Gasteiger partial charge is 0.445 e. The minimum Gasteiger partial charge on any atom is -0.445 e. The number of rotatable bonds is 4. The molecular formula is C7H13BF3-. The Balaban J connectivity index is 3.89. The summed E-state index contributed by atoms with van der Waals surface area (Å²) in [6.45, 7) is -0.946. The van der Waals surface area contributed by atoms with Crippen molar-refractivity contribution in [1.82, 2.24) is 0 Å². The van der Waals surface area contributed by atoms with Crippen LogP contribution in [0.2, 0.25) is 0 Å². The minimum atomic E-state index is -4.73. The fourth-order valence-corrected chi connectivity index (χ4v) is 0.844. The summed E-state index contributed by atoms with van der Waals surface area (Å²) in [4.78, 5) is 0. The predicted octanol–water partition coefficient (Wildman–Crippen LogP) is 3.37. The highest BCUT2D eigenvalue weighted by molar-refractivity contribution is 6.64. The molecule has 0 bridgehead atoms. The normalized spacial score (nSPS) is 13.3. The van der Waals surface area contributed by atoms with E-state index in [1.165, 1.54) is 6.08 Å². The van der Waals surface area contributed by atoms with E-state index >= 15 is 0 Å². The molecule has 66 valence electrons. The summed E-state index contributed by atoms with van der Waals surface area (Å²) in [5, 5.41) is 0. The van der Waals surface area contributed by atoms with E-state index in [0.29, 0.717) is 5.98 Å². The molecule has 0 aromatic carbocycles. The molecule has 0 aliphatic carbocycles. The Morgan fingerprint density at radius 2 is 1.64 bits per heavy atom. The third-order valence-electron chi connectivity index (χ3n) is 1.65. The quantitative estimate of drug-likeness (QED) is 0.560. The molecular weight excluding hydrogens is 152 g/mol. The van der Waals surface area contributed by atoms with Gasteiger partial charge in [0, 0.05) is 0 Å². The zero-order valence-electron chi connectivity index (χ0n) is 6.86. The van der Waals surface area contributed by atoms with Gasteiger partial charge in [0.15, 0.2) is 0 Å². The Hall–Kier alpha value is -0.405.